The van der Waals surface area contributed by atoms with Crippen LogP contribution in [0.4, 0.5) is 0 Å². The second kappa shape index (κ2) is 16.0. The normalized spacial score (nSPS) is 15.5. The van der Waals surface area contributed by atoms with E-state index in [4.69, 9.17) is 0 Å². The molecule has 0 saturated heterocycles. The van der Waals surface area contributed by atoms with E-state index in [1.807, 2.05) is 22.7 Å². The van der Waals surface area contributed by atoms with Gasteiger partial charge in [0.05, 0.1) is 0 Å². The predicted molar refractivity (Wildman–Crippen MR) is 227 cm³/mol. The van der Waals surface area contributed by atoms with Crippen molar-refractivity contribution in [1.29, 1.82) is 0 Å². The largest absolute Gasteiger partial charge is 1.00 e. The van der Waals surface area contributed by atoms with Gasteiger partial charge < -0.3 is 24.8 Å². The minimum Gasteiger partial charge on any atom is -1.00 e. The summed E-state index contributed by atoms with van der Waals surface area (Å²) >= 11 is 2.78. The van der Waals surface area contributed by atoms with Crippen molar-refractivity contribution >= 4 is 67.5 Å². The first kappa shape index (κ1) is 38.1. The van der Waals surface area contributed by atoms with Crippen LogP contribution in [-0.4, -0.2) is 0 Å². The maximum Gasteiger partial charge on any atom is -1.00 e. The van der Waals surface area contributed by atoms with Crippen molar-refractivity contribution in [2.45, 2.75) is 33.9 Å². The van der Waals surface area contributed by atoms with Gasteiger partial charge in [0.15, 0.2) is 0 Å². The Kier molecular flexibility index (Phi) is 11.1. The van der Waals surface area contributed by atoms with Crippen LogP contribution in [0.15, 0.2) is 146 Å². The van der Waals surface area contributed by atoms with Crippen molar-refractivity contribution in [3.63, 3.8) is 0 Å². The molecule has 2 aliphatic carbocycles. The first-order valence-corrected chi connectivity index (χ1v) is 23.2. The molecule has 2 atom stereocenters. The van der Waals surface area contributed by atoms with Gasteiger partial charge in [0, 0.05) is 0 Å². The number of rotatable bonds is 8. The van der Waals surface area contributed by atoms with Gasteiger partial charge in [-0.2, -0.15) is 0 Å². The van der Waals surface area contributed by atoms with Crippen molar-refractivity contribution < 1.29 is 48.0 Å². The summed E-state index contributed by atoms with van der Waals surface area (Å²) in [5.41, 5.74) is 14.3. The fourth-order valence-corrected chi connectivity index (χ4v) is 15.9. The second-order valence-corrected chi connectivity index (χ2v) is 20.2. The summed E-state index contributed by atoms with van der Waals surface area (Å²) in [5, 5.41) is 5.18. The van der Waals surface area contributed by atoms with Crippen LogP contribution in [0.3, 0.4) is 0 Å². The number of hydrogen-bond acceptors (Lipinski definition) is 2. The molecule has 55 heavy (non-hydrogen) atoms. The van der Waals surface area contributed by atoms with Crippen molar-refractivity contribution in [2.75, 3.05) is 0 Å². The quantitative estimate of drug-likeness (QED) is 0.144. The molecule has 2 aromatic heterocycles. The molecule has 2 heterocycles. The fourth-order valence-electron chi connectivity index (χ4n) is 8.42. The summed E-state index contributed by atoms with van der Waals surface area (Å²) < 4.78 is 0.901. The number of aryl methyl sites for hydroxylation is 2. The Bertz CT molecular complexity index is 2580. The summed E-state index contributed by atoms with van der Waals surface area (Å²) in [6, 6.07) is 55.3. The van der Waals surface area contributed by atoms with Gasteiger partial charge in [-0.3, -0.25) is 0 Å². The molecule has 0 N–H and O–H groups in total. The van der Waals surface area contributed by atoms with Gasteiger partial charge in [-0.15, -0.1) is 0 Å². The molecule has 0 fully saturated rings. The summed E-state index contributed by atoms with van der Waals surface area (Å²) in [7, 11) is 0. The first-order chi connectivity index (χ1) is 26.1. The fraction of sp³-hybridized carbons (Fsp3) is 0.120. The molecular weight excluding hydrogens is 827 g/mol. The van der Waals surface area contributed by atoms with Gasteiger partial charge in [0.2, 0.25) is 0 Å². The Morgan fingerprint density at radius 1 is 0.455 bits per heavy atom. The average molecular weight is 865 g/mol. The van der Waals surface area contributed by atoms with E-state index in [2.05, 4.69) is 172 Å². The Morgan fingerprint density at radius 3 is 1.31 bits per heavy atom. The SMILES string of the molecule is CCc1ccc(C2=Cc3c(-c4ccc5ccccc5c4)cccc3[CH]2[Zr+2][CH]2C(c3ccc(CC)s3)=Cc3c(-c4ccc5ccccc5c4)cccc32)s1.[Cl-].[Cl-]. The molecule has 5 heteroatoms. The maximum atomic E-state index is 2.59. The Labute approximate surface area is 356 Å². The van der Waals surface area contributed by atoms with E-state index in [9.17, 15) is 0 Å². The summed E-state index contributed by atoms with van der Waals surface area (Å²) in [5.74, 6) is 0. The molecule has 0 radical (unpaired) electrons. The molecular formula is C50H38Cl2S2Zr. The number of fused-ring (bicyclic) bond motifs is 4. The minimum absolute atomic E-state index is 0. The molecule has 6 aromatic carbocycles. The minimum atomic E-state index is -1.22. The number of allylic oxidation sites excluding steroid dienone is 2. The van der Waals surface area contributed by atoms with Crippen molar-refractivity contribution in [2.24, 2.45) is 0 Å². The molecule has 0 saturated carbocycles. The van der Waals surface area contributed by atoms with E-state index < -0.39 is 23.2 Å². The predicted octanol–water partition coefficient (Wildman–Crippen LogP) is 8.56. The van der Waals surface area contributed by atoms with E-state index in [-0.39, 0.29) is 24.8 Å². The average Bonchev–Trinajstić information content (AvgIpc) is 4.03. The van der Waals surface area contributed by atoms with E-state index in [1.165, 1.54) is 85.6 Å². The zero-order valence-electron chi connectivity index (χ0n) is 30.7. The molecule has 8 aromatic rings. The molecule has 2 unspecified atom stereocenters. The monoisotopic (exact) mass is 862 g/mol. The number of halogens is 2. The van der Waals surface area contributed by atoms with Crippen LogP contribution in [-0.2, 0) is 36.1 Å². The molecule has 0 nitrogen and oxygen atoms in total. The van der Waals surface area contributed by atoms with E-state index in [0.717, 1.165) is 12.8 Å². The Balaban J connectivity index is 0.00000214. The van der Waals surface area contributed by atoms with E-state index in [1.54, 1.807) is 11.1 Å². The van der Waals surface area contributed by atoms with Crippen LogP contribution in [0.5, 0.6) is 0 Å². The van der Waals surface area contributed by atoms with Crippen molar-refractivity contribution in [1.82, 2.24) is 0 Å². The molecule has 0 amide bonds. The third-order valence-corrected chi connectivity index (χ3v) is 18.4. The standard InChI is InChI=1S/2C25H19S.2ClH.Zr/c2*1-2-22-12-13-25(26-22)21-15-19-8-5-9-23(24(19)16-21)20-11-10-17-6-3-4-7-18(17)14-20;;;/h2*3-16H,2H2,1H3;2*1H;/q;;;;+2/p-2. The number of thiophene rings is 2. The van der Waals surface area contributed by atoms with Gasteiger partial charge >= 0.3 is 334 Å². The molecule has 10 rings (SSSR count). The zero-order valence-corrected chi connectivity index (χ0v) is 36.3. The molecule has 2 aliphatic rings. The van der Waals surface area contributed by atoms with Gasteiger partial charge in [-0.05, 0) is 0 Å². The maximum absolute atomic E-state index is 2.59. The molecule has 0 bridgehead atoms. The second-order valence-electron chi connectivity index (χ2n) is 14.2. The Hall–Kier alpha value is -3.82. The smallest absolute Gasteiger partial charge is 1.00 e. The van der Waals surface area contributed by atoms with Gasteiger partial charge in [-0.1, -0.05) is 0 Å². The molecule has 0 aliphatic heterocycles. The molecule has 0 spiro atoms. The van der Waals surface area contributed by atoms with Crippen LogP contribution >= 0.6 is 22.7 Å². The van der Waals surface area contributed by atoms with Crippen molar-refractivity contribution in [3.05, 3.63) is 187 Å². The first-order valence-electron chi connectivity index (χ1n) is 18.8. The summed E-state index contributed by atoms with van der Waals surface area (Å²) in [6.07, 6.45) is 7.33. The number of benzene rings is 6. The zero-order chi connectivity index (χ0) is 35.5. The van der Waals surface area contributed by atoms with Gasteiger partial charge in [0.1, 0.15) is 0 Å². The van der Waals surface area contributed by atoms with Crippen LogP contribution in [0.2, 0.25) is 0 Å². The van der Waals surface area contributed by atoms with Crippen molar-refractivity contribution in [3.8, 4) is 22.3 Å². The third kappa shape index (κ3) is 6.87. The van der Waals surface area contributed by atoms with Crippen LogP contribution < -0.4 is 24.8 Å². The van der Waals surface area contributed by atoms with E-state index >= 15 is 0 Å². The summed E-state index contributed by atoms with van der Waals surface area (Å²) in [4.78, 5) is 5.83. The molecule has 268 valence electrons. The van der Waals surface area contributed by atoms with Crippen LogP contribution in [0.25, 0.3) is 67.1 Å². The van der Waals surface area contributed by atoms with Gasteiger partial charge in [0.25, 0.3) is 0 Å². The van der Waals surface area contributed by atoms with Gasteiger partial charge in [-0.25, -0.2) is 0 Å². The third-order valence-electron chi connectivity index (χ3n) is 11.2. The topological polar surface area (TPSA) is 0 Å². The summed E-state index contributed by atoms with van der Waals surface area (Å²) in [6.45, 7) is 4.56. The van der Waals surface area contributed by atoms with E-state index in [0.29, 0.717) is 7.25 Å². The number of hydrogen-bond donors (Lipinski definition) is 0. The van der Waals surface area contributed by atoms with Crippen LogP contribution in [0, 0.1) is 0 Å². The van der Waals surface area contributed by atoms with Crippen LogP contribution in [0.1, 0.15) is 62.9 Å². The Morgan fingerprint density at radius 2 is 0.891 bits per heavy atom.